The van der Waals surface area contributed by atoms with E-state index in [4.69, 9.17) is 4.74 Å². The first-order chi connectivity index (χ1) is 13.7. The van der Waals surface area contributed by atoms with E-state index in [1.165, 1.54) is 50.4 Å². The molecule has 11 heteroatoms. The summed E-state index contributed by atoms with van der Waals surface area (Å²) in [6, 6.07) is 7.92. The molecular weight excluding hydrogens is 400 g/mol. The second-order valence-corrected chi connectivity index (χ2v) is 7.50. The highest BCUT2D eigenvalue weighted by atomic mass is 32.2. The maximum Gasteiger partial charge on any atom is 0.269 e. The summed E-state index contributed by atoms with van der Waals surface area (Å²) in [6.07, 6.45) is 1.11. The summed E-state index contributed by atoms with van der Waals surface area (Å²) in [4.78, 5) is 38.8. The van der Waals surface area contributed by atoms with Gasteiger partial charge in [0.2, 0.25) is 5.91 Å². The standard InChI is InChI=1S/C18H20N4O6S/c1-12(23)21-14-4-6-15(7-5-14)29(26,27)22-17(24)13-3-8-16(20-11-13)18(25)19-9-10-28-2/h3-8,11H,9-10H2,1-2H3,(H,19,25)(H,21,23)(H,22,24). The number of aromatic nitrogens is 1. The van der Waals surface area contributed by atoms with Gasteiger partial charge in [0.05, 0.1) is 17.1 Å². The molecule has 0 bridgehead atoms. The molecule has 0 spiro atoms. The first-order valence-corrected chi connectivity index (χ1v) is 9.89. The van der Waals surface area contributed by atoms with Gasteiger partial charge in [-0.05, 0) is 36.4 Å². The zero-order chi connectivity index (χ0) is 21.4. The molecule has 0 saturated carbocycles. The number of pyridine rings is 1. The van der Waals surface area contributed by atoms with Gasteiger partial charge < -0.3 is 15.4 Å². The van der Waals surface area contributed by atoms with Gasteiger partial charge in [-0.1, -0.05) is 0 Å². The largest absolute Gasteiger partial charge is 0.383 e. The lowest BCUT2D eigenvalue weighted by Gasteiger charge is -2.08. The van der Waals surface area contributed by atoms with Crippen molar-refractivity contribution in [3.8, 4) is 0 Å². The number of carbonyl (C=O) groups is 3. The molecule has 0 saturated heterocycles. The van der Waals surface area contributed by atoms with Crippen LogP contribution in [0.5, 0.6) is 0 Å². The van der Waals surface area contributed by atoms with Crippen LogP contribution in [0, 0.1) is 0 Å². The molecule has 10 nitrogen and oxygen atoms in total. The van der Waals surface area contributed by atoms with E-state index in [0.29, 0.717) is 18.8 Å². The molecule has 3 N–H and O–H groups in total. The minimum absolute atomic E-state index is 0.0307. The Bertz CT molecular complexity index is 988. The van der Waals surface area contributed by atoms with Crippen LogP contribution in [0.4, 0.5) is 5.69 Å². The van der Waals surface area contributed by atoms with Crippen LogP contribution in [0.15, 0.2) is 47.5 Å². The summed E-state index contributed by atoms with van der Waals surface area (Å²) < 4.78 is 31.5. The normalized spacial score (nSPS) is 10.8. The average Bonchev–Trinajstić information content (AvgIpc) is 2.68. The van der Waals surface area contributed by atoms with Crippen molar-refractivity contribution in [1.29, 1.82) is 0 Å². The Morgan fingerprint density at radius 1 is 1.03 bits per heavy atom. The molecule has 0 unspecified atom stereocenters. The third kappa shape index (κ3) is 6.36. The number of nitrogens with one attached hydrogen (secondary N) is 3. The van der Waals surface area contributed by atoms with Gasteiger partial charge in [-0.2, -0.15) is 0 Å². The molecule has 1 aromatic carbocycles. The van der Waals surface area contributed by atoms with Gasteiger partial charge in [0.25, 0.3) is 21.8 Å². The van der Waals surface area contributed by atoms with Gasteiger partial charge in [0.15, 0.2) is 0 Å². The molecular formula is C18H20N4O6S. The first kappa shape index (κ1) is 22.0. The van der Waals surface area contributed by atoms with E-state index >= 15 is 0 Å². The number of hydrogen-bond donors (Lipinski definition) is 3. The van der Waals surface area contributed by atoms with Gasteiger partial charge >= 0.3 is 0 Å². The van der Waals surface area contributed by atoms with Crippen LogP contribution >= 0.6 is 0 Å². The van der Waals surface area contributed by atoms with Crippen molar-refractivity contribution in [3.05, 3.63) is 53.9 Å². The summed E-state index contributed by atoms with van der Waals surface area (Å²) in [7, 11) is -2.62. The monoisotopic (exact) mass is 420 g/mol. The van der Waals surface area contributed by atoms with Gasteiger partial charge in [-0.15, -0.1) is 0 Å². The van der Waals surface area contributed by atoms with Gasteiger partial charge in [0.1, 0.15) is 5.69 Å². The van der Waals surface area contributed by atoms with E-state index in [-0.39, 0.29) is 22.1 Å². The number of anilines is 1. The Kier molecular flexibility index (Phi) is 7.39. The zero-order valence-corrected chi connectivity index (χ0v) is 16.6. The lowest BCUT2D eigenvalue weighted by Crippen LogP contribution is -2.31. The molecule has 0 aliphatic rings. The first-order valence-electron chi connectivity index (χ1n) is 8.41. The highest BCUT2D eigenvalue weighted by Gasteiger charge is 2.19. The van der Waals surface area contributed by atoms with Crippen LogP contribution in [0.3, 0.4) is 0 Å². The van der Waals surface area contributed by atoms with E-state index in [1.54, 1.807) is 0 Å². The van der Waals surface area contributed by atoms with Crippen LogP contribution < -0.4 is 15.4 Å². The maximum atomic E-state index is 12.4. The number of nitrogens with zero attached hydrogens (tertiary/aromatic N) is 1. The number of sulfonamides is 1. The fourth-order valence-electron chi connectivity index (χ4n) is 2.18. The second-order valence-electron chi connectivity index (χ2n) is 5.82. The molecule has 0 fully saturated rings. The van der Waals surface area contributed by atoms with Crippen molar-refractivity contribution in [2.24, 2.45) is 0 Å². The highest BCUT2D eigenvalue weighted by Crippen LogP contribution is 2.14. The average molecular weight is 420 g/mol. The van der Waals surface area contributed by atoms with Gasteiger partial charge in [0, 0.05) is 32.5 Å². The van der Waals surface area contributed by atoms with Gasteiger partial charge in [-0.25, -0.2) is 13.1 Å². The Labute approximate surface area is 167 Å². The van der Waals surface area contributed by atoms with Crippen LogP contribution in [-0.2, 0) is 19.6 Å². The smallest absolute Gasteiger partial charge is 0.269 e. The van der Waals surface area contributed by atoms with E-state index < -0.39 is 21.8 Å². The van der Waals surface area contributed by atoms with Crippen LogP contribution in [0.2, 0.25) is 0 Å². The minimum Gasteiger partial charge on any atom is -0.383 e. The molecule has 0 aliphatic carbocycles. The third-order valence-corrected chi connectivity index (χ3v) is 4.91. The van der Waals surface area contributed by atoms with E-state index in [1.807, 2.05) is 4.72 Å². The van der Waals surface area contributed by atoms with Gasteiger partial charge in [-0.3, -0.25) is 19.4 Å². The number of carbonyl (C=O) groups excluding carboxylic acids is 3. The van der Waals surface area contributed by atoms with E-state index in [2.05, 4.69) is 15.6 Å². The predicted molar refractivity (Wildman–Crippen MR) is 104 cm³/mol. The predicted octanol–water partition coefficient (Wildman–Crippen LogP) is 0.535. The second kappa shape index (κ2) is 9.75. The van der Waals surface area contributed by atoms with E-state index in [0.717, 1.165) is 6.20 Å². The number of amides is 3. The lowest BCUT2D eigenvalue weighted by atomic mass is 10.2. The molecule has 29 heavy (non-hydrogen) atoms. The quantitative estimate of drug-likeness (QED) is 0.529. The summed E-state index contributed by atoms with van der Waals surface area (Å²) in [5.41, 5.74) is 0.470. The van der Waals surface area contributed by atoms with Crippen LogP contribution in [-0.4, -0.2) is 51.4 Å². The Morgan fingerprint density at radius 3 is 2.28 bits per heavy atom. The molecule has 0 radical (unpaired) electrons. The molecule has 1 heterocycles. The van der Waals surface area contributed by atoms with Crippen LogP contribution in [0.1, 0.15) is 27.8 Å². The fraction of sp³-hybridized carbons (Fsp3) is 0.222. The summed E-state index contributed by atoms with van der Waals surface area (Å²) >= 11 is 0. The zero-order valence-electron chi connectivity index (χ0n) is 15.8. The molecule has 0 atom stereocenters. The molecule has 2 rings (SSSR count). The number of hydrogen-bond acceptors (Lipinski definition) is 7. The van der Waals surface area contributed by atoms with Crippen LogP contribution in [0.25, 0.3) is 0 Å². The Hall–Kier alpha value is -3.31. The Balaban J connectivity index is 2.04. The van der Waals surface area contributed by atoms with Crippen molar-refractivity contribution >= 4 is 33.4 Å². The van der Waals surface area contributed by atoms with Crippen molar-refractivity contribution in [2.45, 2.75) is 11.8 Å². The number of benzene rings is 1. The molecule has 1 aromatic heterocycles. The molecule has 154 valence electrons. The fourth-order valence-corrected chi connectivity index (χ4v) is 3.15. The summed E-state index contributed by atoms with van der Waals surface area (Å²) in [6.45, 7) is 1.97. The molecule has 3 amide bonds. The summed E-state index contributed by atoms with van der Waals surface area (Å²) in [5.74, 6) is -1.63. The molecule has 2 aromatic rings. The molecule has 0 aliphatic heterocycles. The lowest BCUT2D eigenvalue weighted by molar-refractivity contribution is -0.114. The van der Waals surface area contributed by atoms with Crippen molar-refractivity contribution in [2.75, 3.05) is 25.6 Å². The SMILES string of the molecule is COCCNC(=O)c1ccc(C(=O)NS(=O)(=O)c2ccc(NC(C)=O)cc2)cn1. The number of rotatable bonds is 8. The maximum absolute atomic E-state index is 12.4. The number of methoxy groups -OCH3 is 1. The van der Waals surface area contributed by atoms with Crippen molar-refractivity contribution in [3.63, 3.8) is 0 Å². The highest BCUT2D eigenvalue weighted by molar-refractivity contribution is 7.90. The topological polar surface area (TPSA) is 144 Å². The minimum atomic E-state index is -4.13. The van der Waals surface area contributed by atoms with Crippen molar-refractivity contribution < 1.29 is 27.5 Å². The summed E-state index contributed by atoms with van der Waals surface area (Å²) in [5, 5.41) is 5.09. The number of ether oxygens (including phenoxy) is 1. The third-order valence-electron chi connectivity index (χ3n) is 3.56. The van der Waals surface area contributed by atoms with Crippen molar-refractivity contribution in [1.82, 2.24) is 15.0 Å². The van der Waals surface area contributed by atoms with E-state index in [9.17, 15) is 22.8 Å². The Morgan fingerprint density at radius 2 is 1.72 bits per heavy atom.